The van der Waals surface area contributed by atoms with Crippen molar-refractivity contribution in [2.45, 2.75) is 6.92 Å². The van der Waals surface area contributed by atoms with Crippen molar-refractivity contribution in [1.29, 1.82) is 0 Å². The summed E-state index contributed by atoms with van der Waals surface area (Å²) in [6, 6.07) is 13.8. The summed E-state index contributed by atoms with van der Waals surface area (Å²) >= 11 is 3.39. The number of ketones is 1. The zero-order chi connectivity index (χ0) is 21.5. The maximum absolute atomic E-state index is 12.8. The van der Waals surface area contributed by atoms with Crippen molar-refractivity contribution in [3.63, 3.8) is 0 Å². The molecule has 0 spiro atoms. The van der Waals surface area contributed by atoms with Crippen molar-refractivity contribution in [3.8, 4) is 11.5 Å². The first-order valence-corrected chi connectivity index (χ1v) is 10.2. The number of carbonyl (C=O) groups excluding carboxylic acids is 2. The van der Waals surface area contributed by atoms with Crippen molar-refractivity contribution in [1.82, 2.24) is 4.98 Å². The zero-order valence-corrected chi connectivity index (χ0v) is 17.8. The van der Waals surface area contributed by atoms with Crippen molar-refractivity contribution in [2.75, 3.05) is 0 Å². The van der Waals surface area contributed by atoms with Crippen LogP contribution in [0.15, 0.2) is 75.6 Å². The Morgan fingerprint density at radius 1 is 1.10 bits per heavy atom. The number of furan rings is 1. The van der Waals surface area contributed by atoms with E-state index in [4.69, 9.17) is 13.9 Å². The molecule has 0 N–H and O–H groups in total. The summed E-state index contributed by atoms with van der Waals surface area (Å²) in [5.74, 6) is 0.0493. The van der Waals surface area contributed by atoms with Gasteiger partial charge in [-0.05, 0) is 66.6 Å². The molecule has 0 aliphatic carbocycles. The van der Waals surface area contributed by atoms with Gasteiger partial charge in [0.05, 0.1) is 5.56 Å². The molecule has 0 radical (unpaired) electrons. The Hall–Kier alpha value is -3.71. The summed E-state index contributed by atoms with van der Waals surface area (Å²) in [4.78, 5) is 29.3. The fourth-order valence-electron chi connectivity index (χ4n) is 3.42. The predicted octanol–water partition coefficient (Wildman–Crippen LogP) is 5.73. The van der Waals surface area contributed by atoms with Gasteiger partial charge in [0.2, 0.25) is 11.5 Å². The van der Waals surface area contributed by atoms with Crippen LogP contribution in [-0.4, -0.2) is 16.7 Å². The van der Waals surface area contributed by atoms with Crippen LogP contribution in [0.1, 0.15) is 32.0 Å². The number of rotatable bonds is 3. The topological polar surface area (TPSA) is 78.6 Å². The molecule has 0 atom stereocenters. The molecule has 152 valence electrons. The number of ether oxygens (including phenoxy) is 2. The minimum absolute atomic E-state index is 0.0847. The van der Waals surface area contributed by atoms with Crippen LogP contribution in [-0.2, 0) is 0 Å². The third kappa shape index (κ3) is 3.64. The Kier molecular flexibility index (Phi) is 4.67. The molecule has 31 heavy (non-hydrogen) atoms. The van der Waals surface area contributed by atoms with E-state index in [1.54, 1.807) is 55.7 Å². The minimum Gasteiger partial charge on any atom is -0.452 e. The molecule has 0 fully saturated rings. The number of aromatic nitrogens is 1. The first kappa shape index (κ1) is 19.3. The summed E-state index contributed by atoms with van der Waals surface area (Å²) in [7, 11) is 0. The first-order valence-electron chi connectivity index (χ1n) is 9.38. The highest BCUT2D eigenvalue weighted by molar-refractivity contribution is 9.10. The molecule has 2 aromatic heterocycles. The highest BCUT2D eigenvalue weighted by atomic mass is 79.9. The van der Waals surface area contributed by atoms with Gasteiger partial charge in [-0.15, -0.1) is 0 Å². The smallest absolute Gasteiger partial charge is 0.379 e. The summed E-state index contributed by atoms with van der Waals surface area (Å²) in [6.07, 6.45) is 4.93. The fourth-order valence-corrected chi connectivity index (χ4v) is 3.80. The molecular weight excluding hydrogens is 462 g/mol. The van der Waals surface area contributed by atoms with Gasteiger partial charge in [-0.1, -0.05) is 15.9 Å². The first-order chi connectivity index (χ1) is 15.0. The SMILES string of the molecule is Cc1cc(OC(=O)c2cc3cc(Br)ccc3o2)cc2c1C(=O)/C(=C/c1ccncc1)O2. The molecule has 6 nitrogen and oxygen atoms in total. The van der Waals surface area contributed by atoms with Crippen LogP contribution >= 0.6 is 15.9 Å². The van der Waals surface area contributed by atoms with Crippen molar-refractivity contribution < 1.29 is 23.5 Å². The Bertz CT molecular complexity index is 1390. The lowest BCUT2D eigenvalue weighted by molar-refractivity contribution is 0.0703. The highest BCUT2D eigenvalue weighted by Crippen LogP contribution is 2.38. The number of Topliss-reactive ketones (excluding diaryl/α,β-unsaturated/α-hetero) is 1. The third-order valence-electron chi connectivity index (χ3n) is 4.84. The number of pyridine rings is 1. The van der Waals surface area contributed by atoms with Gasteiger partial charge >= 0.3 is 5.97 Å². The molecule has 0 saturated heterocycles. The van der Waals surface area contributed by atoms with Crippen LogP contribution < -0.4 is 9.47 Å². The van der Waals surface area contributed by atoms with E-state index in [1.165, 1.54) is 6.07 Å². The van der Waals surface area contributed by atoms with Crippen molar-refractivity contribution >= 4 is 44.7 Å². The summed E-state index contributed by atoms with van der Waals surface area (Å²) in [5, 5.41) is 0.784. The molecular formula is C24H14BrNO5. The molecule has 5 rings (SSSR count). The number of benzene rings is 2. The number of hydrogen-bond acceptors (Lipinski definition) is 6. The molecule has 3 heterocycles. The van der Waals surface area contributed by atoms with Crippen LogP contribution in [0.5, 0.6) is 11.5 Å². The van der Waals surface area contributed by atoms with Crippen molar-refractivity contribution in [3.05, 3.63) is 93.6 Å². The number of nitrogens with zero attached hydrogens (tertiary/aromatic N) is 1. The molecule has 0 amide bonds. The molecule has 1 aliphatic heterocycles. The van der Waals surface area contributed by atoms with E-state index < -0.39 is 5.97 Å². The van der Waals surface area contributed by atoms with Gasteiger partial charge in [0.15, 0.2) is 5.76 Å². The maximum Gasteiger partial charge on any atom is 0.379 e. The Morgan fingerprint density at radius 3 is 2.71 bits per heavy atom. The van der Waals surface area contributed by atoms with Gasteiger partial charge in [0, 0.05) is 28.3 Å². The second kappa shape index (κ2) is 7.52. The molecule has 0 unspecified atom stereocenters. The number of halogens is 1. The Labute approximate surface area is 185 Å². The monoisotopic (exact) mass is 475 g/mol. The summed E-state index contributed by atoms with van der Waals surface area (Å²) in [6.45, 7) is 1.77. The molecule has 7 heteroatoms. The van der Waals surface area contributed by atoms with E-state index in [-0.39, 0.29) is 23.1 Å². The van der Waals surface area contributed by atoms with Gasteiger partial charge in [0.25, 0.3) is 0 Å². The number of fused-ring (bicyclic) bond motifs is 2. The lowest BCUT2D eigenvalue weighted by Gasteiger charge is -2.06. The van der Waals surface area contributed by atoms with Crippen LogP contribution in [0.3, 0.4) is 0 Å². The molecule has 1 aliphatic rings. The Morgan fingerprint density at radius 2 is 1.90 bits per heavy atom. The predicted molar refractivity (Wildman–Crippen MR) is 117 cm³/mol. The molecule has 4 aromatic rings. The average molecular weight is 476 g/mol. The van der Waals surface area contributed by atoms with Gasteiger partial charge < -0.3 is 13.9 Å². The number of hydrogen-bond donors (Lipinski definition) is 0. The zero-order valence-electron chi connectivity index (χ0n) is 16.2. The van der Waals surface area contributed by atoms with E-state index >= 15 is 0 Å². The number of allylic oxidation sites excluding steroid dienone is 1. The number of carbonyl (C=O) groups is 2. The van der Waals surface area contributed by atoms with E-state index in [2.05, 4.69) is 20.9 Å². The molecule has 0 bridgehead atoms. The van der Waals surface area contributed by atoms with E-state index in [0.717, 1.165) is 15.4 Å². The quantitative estimate of drug-likeness (QED) is 0.213. The van der Waals surface area contributed by atoms with Crippen LogP contribution in [0.25, 0.3) is 17.0 Å². The highest BCUT2D eigenvalue weighted by Gasteiger charge is 2.30. The van der Waals surface area contributed by atoms with E-state index in [0.29, 0.717) is 22.5 Å². The lowest BCUT2D eigenvalue weighted by atomic mass is 10.0. The average Bonchev–Trinajstić information content (AvgIpc) is 3.30. The van der Waals surface area contributed by atoms with Gasteiger partial charge in [-0.3, -0.25) is 9.78 Å². The maximum atomic E-state index is 12.8. The standard InChI is InChI=1S/C24H14BrNO5/c1-13-8-17(29-24(28)21-11-15-10-16(25)2-3-18(15)30-21)12-19-22(13)23(27)20(31-19)9-14-4-6-26-7-5-14/h2-12H,1H3/b20-9-. The largest absolute Gasteiger partial charge is 0.452 e. The van der Waals surface area contributed by atoms with Crippen molar-refractivity contribution in [2.24, 2.45) is 0 Å². The van der Waals surface area contributed by atoms with E-state index in [1.807, 2.05) is 12.1 Å². The van der Waals surface area contributed by atoms with Crippen LogP contribution in [0, 0.1) is 6.92 Å². The van der Waals surface area contributed by atoms with E-state index in [9.17, 15) is 9.59 Å². The summed E-state index contributed by atoms with van der Waals surface area (Å²) < 4.78 is 17.7. The number of aryl methyl sites for hydroxylation is 1. The minimum atomic E-state index is -0.636. The normalized spacial score (nSPS) is 14.0. The summed E-state index contributed by atoms with van der Waals surface area (Å²) in [5.41, 5.74) is 2.48. The van der Waals surface area contributed by atoms with Crippen LogP contribution in [0.4, 0.5) is 0 Å². The van der Waals surface area contributed by atoms with Gasteiger partial charge in [-0.2, -0.15) is 0 Å². The molecule has 2 aromatic carbocycles. The number of esters is 1. The molecule has 0 saturated carbocycles. The fraction of sp³-hybridized carbons (Fsp3) is 0.0417. The lowest BCUT2D eigenvalue weighted by Crippen LogP contribution is -2.07. The Balaban J connectivity index is 1.42. The third-order valence-corrected chi connectivity index (χ3v) is 5.33. The van der Waals surface area contributed by atoms with Gasteiger partial charge in [0.1, 0.15) is 17.1 Å². The van der Waals surface area contributed by atoms with Crippen LogP contribution in [0.2, 0.25) is 0 Å². The second-order valence-corrected chi connectivity index (χ2v) is 7.93. The van der Waals surface area contributed by atoms with Gasteiger partial charge in [-0.25, -0.2) is 4.79 Å². The second-order valence-electron chi connectivity index (χ2n) is 7.02.